The van der Waals surface area contributed by atoms with Crippen molar-refractivity contribution in [1.29, 1.82) is 0 Å². The first-order valence-corrected chi connectivity index (χ1v) is 6.16. The molecule has 6 heteroatoms. The van der Waals surface area contributed by atoms with Gasteiger partial charge in [-0.1, -0.05) is 0 Å². The van der Waals surface area contributed by atoms with E-state index in [1.807, 2.05) is 20.8 Å². The number of nitrogens with one attached hydrogen (secondary N) is 2. The van der Waals surface area contributed by atoms with Gasteiger partial charge in [0.25, 0.3) is 0 Å². The van der Waals surface area contributed by atoms with E-state index in [-0.39, 0.29) is 11.9 Å². The molecule has 0 spiro atoms. The van der Waals surface area contributed by atoms with Crippen molar-refractivity contribution < 1.29 is 4.79 Å². The molecule has 6 nitrogen and oxygen atoms in total. The topological polar surface area (TPSA) is 70.2 Å². The van der Waals surface area contributed by atoms with E-state index in [0.29, 0.717) is 18.3 Å². The zero-order valence-electron chi connectivity index (χ0n) is 11.4. The highest BCUT2D eigenvalue weighted by atomic mass is 16.2. The third-order valence-electron chi connectivity index (χ3n) is 2.58. The molecule has 100 valence electrons. The number of carbonyl (C=O) groups is 1. The minimum atomic E-state index is -0.306. The summed E-state index contributed by atoms with van der Waals surface area (Å²) in [6, 6.07) is 1.44. The average Bonchev–Trinajstić information content (AvgIpc) is 2.37. The Labute approximate surface area is 108 Å². The number of aromatic nitrogens is 2. The maximum absolute atomic E-state index is 11.9. The molecule has 1 atom stereocenters. The second kappa shape index (κ2) is 6.78. The number of nitrogens with zero attached hydrogens (tertiary/aromatic N) is 3. The SMILES string of the molecule is CCNc1nccc(NC(C)C(=O)N(C)CC)n1. The Morgan fingerprint density at radius 1 is 1.50 bits per heavy atom. The molecule has 1 aromatic heterocycles. The third-order valence-corrected chi connectivity index (χ3v) is 2.58. The second-order valence-corrected chi connectivity index (χ2v) is 4.01. The van der Waals surface area contributed by atoms with Gasteiger partial charge in [0.15, 0.2) is 0 Å². The van der Waals surface area contributed by atoms with Crippen molar-refractivity contribution in [3.63, 3.8) is 0 Å². The number of rotatable bonds is 6. The van der Waals surface area contributed by atoms with Gasteiger partial charge >= 0.3 is 0 Å². The maximum Gasteiger partial charge on any atom is 0.244 e. The fourth-order valence-electron chi connectivity index (χ4n) is 1.45. The summed E-state index contributed by atoms with van der Waals surface area (Å²) in [6.07, 6.45) is 1.66. The summed E-state index contributed by atoms with van der Waals surface area (Å²) < 4.78 is 0. The molecule has 0 aliphatic carbocycles. The predicted molar refractivity (Wildman–Crippen MR) is 72.6 cm³/mol. The van der Waals surface area contributed by atoms with E-state index in [0.717, 1.165) is 6.54 Å². The summed E-state index contributed by atoms with van der Waals surface area (Å²) in [7, 11) is 1.78. The monoisotopic (exact) mass is 251 g/mol. The largest absolute Gasteiger partial charge is 0.358 e. The zero-order chi connectivity index (χ0) is 13.5. The van der Waals surface area contributed by atoms with E-state index >= 15 is 0 Å². The molecule has 1 rings (SSSR count). The Balaban J connectivity index is 2.66. The summed E-state index contributed by atoms with van der Waals surface area (Å²) in [6.45, 7) is 7.20. The van der Waals surface area contributed by atoms with Gasteiger partial charge in [0, 0.05) is 26.3 Å². The van der Waals surface area contributed by atoms with Crippen LogP contribution in [-0.4, -0.2) is 47.0 Å². The molecule has 0 radical (unpaired) electrons. The minimum absolute atomic E-state index is 0.0427. The van der Waals surface area contributed by atoms with Gasteiger partial charge in [-0.15, -0.1) is 0 Å². The Hall–Kier alpha value is -1.85. The molecule has 2 N–H and O–H groups in total. The van der Waals surface area contributed by atoms with Crippen LogP contribution in [0, 0.1) is 0 Å². The number of carbonyl (C=O) groups excluding carboxylic acids is 1. The number of hydrogen-bond donors (Lipinski definition) is 2. The molecule has 0 aromatic carbocycles. The summed E-state index contributed by atoms with van der Waals surface area (Å²) in [5, 5.41) is 6.10. The normalized spacial score (nSPS) is 11.8. The van der Waals surface area contributed by atoms with Gasteiger partial charge in [-0.2, -0.15) is 4.98 Å². The van der Waals surface area contributed by atoms with Gasteiger partial charge in [0.05, 0.1) is 0 Å². The van der Waals surface area contributed by atoms with Gasteiger partial charge in [-0.3, -0.25) is 4.79 Å². The van der Waals surface area contributed by atoms with Crippen LogP contribution in [0.15, 0.2) is 12.3 Å². The van der Waals surface area contributed by atoms with Crippen molar-refractivity contribution in [2.75, 3.05) is 30.8 Å². The highest BCUT2D eigenvalue weighted by molar-refractivity contribution is 5.83. The van der Waals surface area contributed by atoms with Crippen molar-refractivity contribution in [3.8, 4) is 0 Å². The zero-order valence-corrected chi connectivity index (χ0v) is 11.4. The molecule has 1 heterocycles. The smallest absolute Gasteiger partial charge is 0.244 e. The van der Waals surface area contributed by atoms with Crippen LogP contribution in [0.25, 0.3) is 0 Å². The molecule has 1 aromatic rings. The molecule has 1 amide bonds. The molecule has 1 unspecified atom stereocenters. The fourth-order valence-corrected chi connectivity index (χ4v) is 1.45. The molecular weight excluding hydrogens is 230 g/mol. The second-order valence-electron chi connectivity index (χ2n) is 4.01. The summed E-state index contributed by atoms with van der Waals surface area (Å²) in [4.78, 5) is 21.9. The van der Waals surface area contributed by atoms with Crippen LogP contribution in [0.5, 0.6) is 0 Å². The van der Waals surface area contributed by atoms with E-state index in [1.54, 1.807) is 24.2 Å². The fraction of sp³-hybridized carbons (Fsp3) is 0.583. The van der Waals surface area contributed by atoms with Gasteiger partial charge in [0.1, 0.15) is 11.9 Å². The quantitative estimate of drug-likeness (QED) is 0.794. The molecule has 0 fully saturated rings. The number of anilines is 2. The molecule has 0 saturated heterocycles. The number of hydrogen-bond acceptors (Lipinski definition) is 5. The molecule has 18 heavy (non-hydrogen) atoms. The average molecular weight is 251 g/mol. The minimum Gasteiger partial charge on any atom is -0.358 e. The van der Waals surface area contributed by atoms with Gasteiger partial charge in [-0.25, -0.2) is 4.98 Å². The Kier molecular flexibility index (Phi) is 5.35. The van der Waals surface area contributed by atoms with E-state index in [4.69, 9.17) is 0 Å². The van der Waals surface area contributed by atoms with Gasteiger partial charge in [0.2, 0.25) is 11.9 Å². The Bertz CT molecular complexity index is 396. The van der Waals surface area contributed by atoms with E-state index in [2.05, 4.69) is 20.6 Å². The van der Waals surface area contributed by atoms with Crippen LogP contribution in [0.1, 0.15) is 20.8 Å². The van der Waals surface area contributed by atoms with Crippen molar-refractivity contribution in [1.82, 2.24) is 14.9 Å². The summed E-state index contributed by atoms with van der Waals surface area (Å²) in [5.41, 5.74) is 0. The first-order valence-electron chi connectivity index (χ1n) is 6.16. The highest BCUT2D eigenvalue weighted by Gasteiger charge is 2.16. The lowest BCUT2D eigenvalue weighted by atomic mass is 10.3. The predicted octanol–water partition coefficient (Wildman–Crippen LogP) is 1.19. The van der Waals surface area contributed by atoms with Crippen LogP contribution in [-0.2, 0) is 4.79 Å². The van der Waals surface area contributed by atoms with Crippen molar-refractivity contribution in [3.05, 3.63) is 12.3 Å². The van der Waals surface area contributed by atoms with Gasteiger partial charge in [-0.05, 0) is 26.8 Å². The van der Waals surface area contributed by atoms with Crippen LogP contribution in [0.4, 0.5) is 11.8 Å². The molecular formula is C12H21N5O. The van der Waals surface area contributed by atoms with Crippen LogP contribution in [0.2, 0.25) is 0 Å². The lowest BCUT2D eigenvalue weighted by Gasteiger charge is -2.21. The van der Waals surface area contributed by atoms with Crippen molar-refractivity contribution >= 4 is 17.7 Å². The maximum atomic E-state index is 11.9. The number of amides is 1. The van der Waals surface area contributed by atoms with Crippen LogP contribution in [0.3, 0.4) is 0 Å². The summed E-state index contributed by atoms with van der Waals surface area (Å²) >= 11 is 0. The standard InChI is InChI=1S/C12H21N5O/c1-5-13-12-14-8-7-10(16-12)15-9(3)11(18)17(4)6-2/h7-9H,5-6H2,1-4H3,(H2,13,14,15,16). The Morgan fingerprint density at radius 2 is 2.22 bits per heavy atom. The first kappa shape index (κ1) is 14.2. The number of likely N-dealkylation sites (N-methyl/N-ethyl adjacent to an activating group) is 1. The van der Waals surface area contributed by atoms with Crippen LogP contribution < -0.4 is 10.6 Å². The molecule has 0 bridgehead atoms. The van der Waals surface area contributed by atoms with E-state index in [9.17, 15) is 4.79 Å². The third kappa shape index (κ3) is 3.87. The van der Waals surface area contributed by atoms with Crippen molar-refractivity contribution in [2.24, 2.45) is 0 Å². The lowest BCUT2D eigenvalue weighted by Crippen LogP contribution is -2.39. The van der Waals surface area contributed by atoms with Crippen molar-refractivity contribution in [2.45, 2.75) is 26.8 Å². The highest BCUT2D eigenvalue weighted by Crippen LogP contribution is 2.08. The van der Waals surface area contributed by atoms with Gasteiger partial charge < -0.3 is 15.5 Å². The molecule has 0 saturated carbocycles. The van der Waals surface area contributed by atoms with Crippen LogP contribution >= 0.6 is 0 Å². The first-order chi connectivity index (χ1) is 8.58. The van der Waals surface area contributed by atoms with E-state index in [1.165, 1.54) is 0 Å². The summed E-state index contributed by atoms with van der Waals surface area (Å²) in [5.74, 6) is 1.25. The molecule has 0 aliphatic rings. The lowest BCUT2D eigenvalue weighted by molar-refractivity contribution is -0.130. The molecule has 0 aliphatic heterocycles. The van der Waals surface area contributed by atoms with E-state index < -0.39 is 0 Å². The Morgan fingerprint density at radius 3 is 2.83 bits per heavy atom.